The maximum Gasteiger partial charge on any atom is 0.126 e. The number of hydrogen-bond donors (Lipinski definition) is 0. The van der Waals surface area contributed by atoms with Crippen LogP contribution in [0.1, 0.15) is 36.8 Å². The lowest BCUT2D eigenvalue weighted by Gasteiger charge is -2.02. The highest BCUT2D eigenvalue weighted by Gasteiger charge is 1.96. The van der Waals surface area contributed by atoms with Crippen LogP contribution in [0.15, 0.2) is 70.7 Å². The van der Waals surface area contributed by atoms with Crippen LogP contribution in [-0.2, 0) is 0 Å². The lowest BCUT2D eigenvalue weighted by atomic mass is 10.2. The third-order valence-corrected chi connectivity index (χ3v) is 4.54. The number of nitrogens with zero attached hydrogens (tertiary/aromatic N) is 2. The third-order valence-electron chi connectivity index (χ3n) is 4.54. The molecular formula is C26H32N2O2. The minimum absolute atomic E-state index is 0.862. The number of benzene rings is 2. The van der Waals surface area contributed by atoms with Gasteiger partial charge in [0.15, 0.2) is 0 Å². The Kier molecular flexibility index (Phi) is 11.4. The standard InChI is InChI=1S/C26H32N2O2/c1-29-25-17-7-5-13-23(25)15-11-21-27-19-9-3-4-10-20-28-22-12-16-24-14-6-8-18-26(24)30-2/h5-8,11-18,21-22H,3-4,9-10,19-20H2,1-2H3/b15-11+,16-12+,27-21+,28-22+. The molecule has 0 atom stereocenters. The second kappa shape index (κ2) is 14.8. The molecule has 0 N–H and O–H groups in total. The van der Waals surface area contributed by atoms with Crippen LogP contribution in [0.2, 0.25) is 0 Å². The largest absolute Gasteiger partial charge is 0.496 e. The molecule has 0 saturated heterocycles. The summed E-state index contributed by atoms with van der Waals surface area (Å²) in [5.41, 5.74) is 2.12. The van der Waals surface area contributed by atoms with E-state index in [0.717, 1.165) is 48.6 Å². The average molecular weight is 405 g/mol. The van der Waals surface area contributed by atoms with E-state index in [1.807, 2.05) is 85.3 Å². The lowest BCUT2D eigenvalue weighted by molar-refractivity contribution is 0.414. The summed E-state index contributed by atoms with van der Waals surface area (Å²) in [5.74, 6) is 1.75. The van der Waals surface area contributed by atoms with Crippen molar-refractivity contribution in [1.82, 2.24) is 0 Å². The molecule has 0 aliphatic carbocycles. The Bertz CT molecular complexity index is 782. The first kappa shape index (κ1) is 23.1. The number of para-hydroxylation sites is 2. The zero-order chi connectivity index (χ0) is 21.3. The first-order valence-electron chi connectivity index (χ1n) is 10.4. The van der Waals surface area contributed by atoms with E-state index in [9.17, 15) is 0 Å². The SMILES string of the molecule is COc1ccccc1/C=C/C=N/CCCCCC/N=C/C=C/c1ccccc1OC. The van der Waals surface area contributed by atoms with Gasteiger partial charge in [0.05, 0.1) is 14.2 Å². The van der Waals surface area contributed by atoms with Crippen LogP contribution in [0.4, 0.5) is 0 Å². The molecule has 0 aromatic heterocycles. The van der Waals surface area contributed by atoms with E-state index in [0.29, 0.717) is 0 Å². The number of methoxy groups -OCH3 is 2. The molecule has 30 heavy (non-hydrogen) atoms. The zero-order valence-electron chi connectivity index (χ0n) is 18.0. The van der Waals surface area contributed by atoms with Gasteiger partial charge in [-0.15, -0.1) is 0 Å². The van der Waals surface area contributed by atoms with E-state index in [2.05, 4.69) is 9.98 Å². The molecule has 0 unspecified atom stereocenters. The summed E-state index contributed by atoms with van der Waals surface area (Å²) in [4.78, 5) is 8.88. The summed E-state index contributed by atoms with van der Waals surface area (Å²) in [6, 6.07) is 15.9. The molecule has 0 fully saturated rings. The van der Waals surface area contributed by atoms with Gasteiger partial charge in [-0.2, -0.15) is 0 Å². The second-order valence-electron chi connectivity index (χ2n) is 6.73. The summed E-state index contributed by atoms with van der Waals surface area (Å²) in [6.45, 7) is 1.72. The number of hydrogen-bond acceptors (Lipinski definition) is 4. The van der Waals surface area contributed by atoms with Gasteiger partial charge in [-0.3, -0.25) is 9.98 Å². The molecule has 2 aromatic rings. The van der Waals surface area contributed by atoms with Crippen molar-refractivity contribution in [3.05, 3.63) is 71.8 Å². The molecule has 0 spiro atoms. The van der Waals surface area contributed by atoms with Gasteiger partial charge in [0.1, 0.15) is 11.5 Å². The maximum atomic E-state index is 5.32. The van der Waals surface area contributed by atoms with Gasteiger partial charge < -0.3 is 9.47 Å². The van der Waals surface area contributed by atoms with Crippen molar-refractivity contribution in [3.63, 3.8) is 0 Å². The van der Waals surface area contributed by atoms with Gasteiger partial charge in [0.25, 0.3) is 0 Å². The average Bonchev–Trinajstić information content (AvgIpc) is 2.79. The summed E-state index contributed by atoms with van der Waals surface area (Å²) in [7, 11) is 3.37. The van der Waals surface area contributed by atoms with Gasteiger partial charge in [0, 0.05) is 36.6 Å². The molecule has 0 aliphatic rings. The minimum atomic E-state index is 0.862. The van der Waals surface area contributed by atoms with Crippen molar-refractivity contribution in [3.8, 4) is 11.5 Å². The number of ether oxygens (including phenoxy) is 2. The monoisotopic (exact) mass is 404 g/mol. The minimum Gasteiger partial charge on any atom is -0.496 e. The van der Waals surface area contributed by atoms with Gasteiger partial charge >= 0.3 is 0 Å². The molecule has 0 saturated carbocycles. The first-order chi connectivity index (χ1) is 14.8. The topological polar surface area (TPSA) is 43.2 Å². The van der Waals surface area contributed by atoms with Gasteiger partial charge in [-0.25, -0.2) is 0 Å². The maximum absolute atomic E-state index is 5.32. The quantitative estimate of drug-likeness (QED) is 0.298. The molecule has 4 nitrogen and oxygen atoms in total. The van der Waals surface area contributed by atoms with E-state index in [4.69, 9.17) is 9.47 Å². The number of aliphatic imine (C=N–C) groups is 2. The molecule has 2 rings (SSSR count). The van der Waals surface area contributed by atoms with Gasteiger partial charge in [0.2, 0.25) is 0 Å². The van der Waals surface area contributed by atoms with Crippen LogP contribution < -0.4 is 9.47 Å². The van der Waals surface area contributed by atoms with Crippen molar-refractivity contribution < 1.29 is 9.47 Å². The lowest BCUT2D eigenvalue weighted by Crippen LogP contribution is -1.87. The fourth-order valence-corrected chi connectivity index (χ4v) is 2.93. The van der Waals surface area contributed by atoms with E-state index >= 15 is 0 Å². The predicted molar refractivity (Wildman–Crippen MR) is 129 cm³/mol. The highest BCUT2D eigenvalue weighted by Crippen LogP contribution is 2.19. The third kappa shape index (κ3) is 8.91. The van der Waals surface area contributed by atoms with Crippen molar-refractivity contribution in [2.45, 2.75) is 25.7 Å². The van der Waals surface area contributed by atoms with E-state index in [1.54, 1.807) is 14.2 Å². The number of allylic oxidation sites excluding steroid dienone is 2. The summed E-state index contributed by atoms with van der Waals surface area (Å²) >= 11 is 0. The Hall–Kier alpha value is -3.14. The van der Waals surface area contributed by atoms with E-state index < -0.39 is 0 Å². The first-order valence-corrected chi connectivity index (χ1v) is 10.4. The number of unbranched alkanes of at least 4 members (excludes halogenated alkanes) is 3. The van der Waals surface area contributed by atoms with Crippen molar-refractivity contribution in [2.24, 2.45) is 9.98 Å². The molecule has 158 valence electrons. The molecule has 4 heteroatoms. The van der Waals surface area contributed by atoms with E-state index in [1.165, 1.54) is 12.8 Å². The van der Waals surface area contributed by atoms with Crippen LogP contribution in [0, 0.1) is 0 Å². The van der Waals surface area contributed by atoms with Crippen LogP contribution in [0.25, 0.3) is 12.2 Å². The zero-order valence-corrected chi connectivity index (χ0v) is 18.0. The Balaban J connectivity index is 1.53. The highest BCUT2D eigenvalue weighted by atomic mass is 16.5. The van der Waals surface area contributed by atoms with Gasteiger partial charge in [-0.05, 0) is 49.3 Å². The fourth-order valence-electron chi connectivity index (χ4n) is 2.93. The fraction of sp³-hybridized carbons (Fsp3) is 0.308. The van der Waals surface area contributed by atoms with Crippen molar-refractivity contribution in [2.75, 3.05) is 27.3 Å². The molecule has 0 amide bonds. The van der Waals surface area contributed by atoms with Gasteiger partial charge in [-0.1, -0.05) is 49.2 Å². The van der Waals surface area contributed by atoms with Crippen LogP contribution in [0.3, 0.4) is 0 Å². The molecule has 0 radical (unpaired) electrons. The molecular weight excluding hydrogens is 372 g/mol. The second-order valence-corrected chi connectivity index (χ2v) is 6.73. The van der Waals surface area contributed by atoms with Crippen LogP contribution >= 0.6 is 0 Å². The molecule has 2 aromatic carbocycles. The molecule has 0 aliphatic heterocycles. The normalized spacial score (nSPS) is 11.9. The van der Waals surface area contributed by atoms with Crippen LogP contribution in [-0.4, -0.2) is 39.7 Å². The Morgan fingerprint density at radius 2 is 1.07 bits per heavy atom. The summed E-state index contributed by atoms with van der Waals surface area (Å²) < 4.78 is 10.6. The highest BCUT2D eigenvalue weighted by molar-refractivity contribution is 5.79. The molecule has 0 bridgehead atoms. The van der Waals surface area contributed by atoms with E-state index in [-0.39, 0.29) is 0 Å². The smallest absolute Gasteiger partial charge is 0.126 e. The number of rotatable bonds is 13. The van der Waals surface area contributed by atoms with Crippen LogP contribution in [0.5, 0.6) is 11.5 Å². The Labute approximate surface area is 180 Å². The Morgan fingerprint density at radius 1 is 0.633 bits per heavy atom. The predicted octanol–water partition coefficient (Wildman–Crippen LogP) is 6.13. The van der Waals surface area contributed by atoms with Crippen molar-refractivity contribution in [1.29, 1.82) is 0 Å². The summed E-state index contributed by atoms with van der Waals surface area (Å²) in [6.07, 6.45) is 16.3. The molecule has 0 heterocycles. The van der Waals surface area contributed by atoms with Crippen molar-refractivity contribution >= 4 is 24.6 Å². The summed E-state index contributed by atoms with van der Waals surface area (Å²) in [5, 5.41) is 0. The Morgan fingerprint density at radius 3 is 1.50 bits per heavy atom.